The van der Waals surface area contributed by atoms with Gasteiger partial charge in [0.25, 0.3) is 5.91 Å². The van der Waals surface area contributed by atoms with Gasteiger partial charge in [-0.05, 0) is 20.8 Å². The molecule has 0 radical (unpaired) electrons. The van der Waals surface area contributed by atoms with Crippen LogP contribution < -0.4 is 0 Å². The molecule has 1 N–H and O–H groups in total. The molecule has 1 aromatic rings. The number of likely N-dealkylation sites (tertiary alicyclic amines) is 1. The molecule has 0 spiro atoms. The van der Waals surface area contributed by atoms with Crippen LogP contribution in [0.2, 0.25) is 0 Å². The van der Waals surface area contributed by atoms with E-state index in [0.29, 0.717) is 17.8 Å². The molecule has 1 saturated heterocycles. The minimum atomic E-state index is -2.34. The number of rotatable bonds is 3. The number of carbonyl (C=O) groups excluding carboxylic acids is 1. The van der Waals surface area contributed by atoms with Crippen LogP contribution in [-0.2, 0) is 11.3 Å². The Hall–Kier alpha value is -1.92. The summed E-state index contributed by atoms with van der Waals surface area (Å²) in [5.41, 5.74) is -0.581. The van der Waals surface area contributed by atoms with Gasteiger partial charge in [0.05, 0.1) is 17.8 Å². The predicted molar refractivity (Wildman–Crippen MR) is 69.4 cm³/mol. The summed E-state index contributed by atoms with van der Waals surface area (Å²) < 4.78 is 15.7. The molecule has 110 valence electrons. The van der Waals surface area contributed by atoms with Gasteiger partial charge in [-0.3, -0.25) is 9.48 Å². The summed E-state index contributed by atoms with van der Waals surface area (Å²) in [6.07, 6.45) is -0.173. The Morgan fingerprint density at radius 1 is 1.45 bits per heavy atom. The number of alkyl halides is 1. The van der Waals surface area contributed by atoms with E-state index in [1.54, 1.807) is 18.5 Å². The molecule has 1 atom stereocenters. The summed E-state index contributed by atoms with van der Waals surface area (Å²) in [7, 11) is 0. The third-order valence-corrected chi connectivity index (χ3v) is 3.78. The maximum absolute atomic E-state index is 14.0. The van der Waals surface area contributed by atoms with E-state index in [4.69, 9.17) is 5.11 Å². The van der Waals surface area contributed by atoms with E-state index in [9.17, 15) is 14.0 Å². The van der Waals surface area contributed by atoms with Crippen molar-refractivity contribution >= 4 is 11.9 Å². The summed E-state index contributed by atoms with van der Waals surface area (Å²) in [5.74, 6) is -1.86. The zero-order valence-electron chi connectivity index (χ0n) is 11.8. The molecule has 7 heteroatoms. The van der Waals surface area contributed by atoms with E-state index in [1.165, 1.54) is 4.90 Å². The van der Waals surface area contributed by atoms with Gasteiger partial charge >= 0.3 is 5.97 Å². The van der Waals surface area contributed by atoms with Gasteiger partial charge in [0.15, 0.2) is 0 Å². The Kier molecular flexibility index (Phi) is 3.54. The van der Waals surface area contributed by atoms with Crippen molar-refractivity contribution in [2.75, 3.05) is 13.1 Å². The maximum Gasteiger partial charge on any atom is 0.343 e. The van der Waals surface area contributed by atoms with Crippen molar-refractivity contribution in [1.82, 2.24) is 14.7 Å². The van der Waals surface area contributed by atoms with Crippen LogP contribution in [0, 0.1) is 13.8 Å². The summed E-state index contributed by atoms with van der Waals surface area (Å²) in [5, 5.41) is 13.1. The van der Waals surface area contributed by atoms with Gasteiger partial charge in [-0.15, -0.1) is 0 Å². The molecule has 2 heterocycles. The van der Waals surface area contributed by atoms with Gasteiger partial charge in [-0.1, -0.05) is 0 Å². The minimum absolute atomic E-state index is 0.109. The fourth-order valence-corrected chi connectivity index (χ4v) is 2.59. The van der Waals surface area contributed by atoms with E-state index in [-0.39, 0.29) is 18.9 Å². The molecule has 0 bridgehead atoms. The SMILES string of the molecule is CCn1nc(C)c(C(=O)N2CCC(F)(C(=O)O)C2)c1C. The largest absolute Gasteiger partial charge is 0.479 e. The third kappa shape index (κ3) is 2.17. The number of aliphatic carboxylic acids is 1. The van der Waals surface area contributed by atoms with Crippen molar-refractivity contribution in [1.29, 1.82) is 0 Å². The fraction of sp³-hybridized carbons (Fsp3) is 0.615. The van der Waals surface area contributed by atoms with Crippen molar-refractivity contribution in [3.63, 3.8) is 0 Å². The molecule has 2 rings (SSSR count). The Bertz CT molecular complexity index is 569. The van der Waals surface area contributed by atoms with Crippen LogP contribution in [0.5, 0.6) is 0 Å². The average molecular weight is 283 g/mol. The lowest BCUT2D eigenvalue weighted by Gasteiger charge is -2.18. The molecule has 1 aliphatic rings. The first-order valence-electron chi connectivity index (χ1n) is 6.55. The standard InChI is InChI=1S/C13H18FN3O3/c1-4-17-9(3)10(8(2)15-17)11(18)16-6-5-13(14,7-16)12(19)20/h4-7H2,1-3H3,(H,19,20). The second kappa shape index (κ2) is 4.88. The van der Waals surface area contributed by atoms with Crippen LogP contribution in [0.15, 0.2) is 0 Å². The lowest BCUT2D eigenvalue weighted by atomic mass is 10.1. The summed E-state index contributed by atoms with van der Waals surface area (Å²) in [4.78, 5) is 24.6. The molecule has 6 nitrogen and oxygen atoms in total. The van der Waals surface area contributed by atoms with Gasteiger partial charge in [-0.2, -0.15) is 5.10 Å². The number of aryl methyl sites for hydroxylation is 2. The fourth-order valence-electron chi connectivity index (χ4n) is 2.59. The van der Waals surface area contributed by atoms with Gasteiger partial charge in [0.1, 0.15) is 0 Å². The van der Waals surface area contributed by atoms with Gasteiger partial charge < -0.3 is 10.0 Å². The number of carbonyl (C=O) groups is 2. The van der Waals surface area contributed by atoms with E-state index in [0.717, 1.165) is 5.69 Å². The molecule has 1 aliphatic heterocycles. The molecule has 1 amide bonds. The third-order valence-electron chi connectivity index (χ3n) is 3.78. The lowest BCUT2D eigenvalue weighted by Crippen LogP contribution is -2.39. The molecule has 1 fully saturated rings. The normalized spacial score (nSPS) is 22.3. The maximum atomic E-state index is 14.0. The second-order valence-corrected chi connectivity index (χ2v) is 5.11. The number of aromatic nitrogens is 2. The highest BCUT2D eigenvalue weighted by molar-refractivity contribution is 5.97. The molecule has 0 aromatic carbocycles. The predicted octanol–water partition coefficient (Wildman–Crippen LogP) is 1.16. The lowest BCUT2D eigenvalue weighted by molar-refractivity contribution is -0.149. The van der Waals surface area contributed by atoms with Gasteiger partial charge in [-0.25, -0.2) is 9.18 Å². The Morgan fingerprint density at radius 2 is 2.10 bits per heavy atom. The summed E-state index contributed by atoms with van der Waals surface area (Å²) in [6, 6.07) is 0. The number of halogens is 1. The van der Waals surface area contributed by atoms with Crippen LogP contribution in [0.25, 0.3) is 0 Å². The first-order chi connectivity index (χ1) is 9.30. The molecule has 1 aromatic heterocycles. The minimum Gasteiger partial charge on any atom is -0.479 e. The highest BCUT2D eigenvalue weighted by Gasteiger charge is 2.47. The van der Waals surface area contributed by atoms with Crippen molar-refractivity contribution < 1.29 is 19.1 Å². The van der Waals surface area contributed by atoms with Crippen molar-refractivity contribution in [3.8, 4) is 0 Å². The zero-order valence-corrected chi connectivity index (χ0v) is 11.8. The van der Waals surface area contributed by atoms with Crippen LogP contribution in [-0.4, -0.2) is 50.4 Å². The van der Waals surface area contributed by atoms with Crippen molar-refractivity contribution in [3.05, 3.63) is 17.0 Å². The number of hydrogen-bond donors (Lipinski definition) is 1. The highest BCUT2D eigenvalue weighted by atomic mass is 19.1. The quantitative estimate of drug-likeness (QED) is 0.903. The number of carboxylic acid groups (broad SMARTS) is 1. The monoisotopic (exact) mass is 283 g/mol. The Morgan fingerprint density at radius 3 is 2.55 bits per heavy atom. The number of nitrogens with zero attached hydrogens (tertiary/aromatic N) is 3. The van der Waals surface area contributed by atoms with E-state index in [2.05, 4.69) is 5.10 Å². The summed E-state index contributed by atoms with van der Waals surface area (Å²) in [6.45, 7) is 5.77. The first-order valence-corrected chi connectivity index (χ1v) is 6.55. The zero-order chi connectivity index (χ0) is 15.1. The highest BCUT2D eigenvalue weighted by Crippen LogP contribution is 2.28. The Balaban J connectivity index is 2.26. The van der Waals surface area contributed by atoms with Crippen molar-refractivity contribution in [2.24, 2.45) is 0 Å². The van der Waals surface area contributed by atoms with Crippen LogP contribution in [0.3, 0.4) is 0 Å². The number of hydrogen-bond acceptors (Lipinski definition) is 3. The van der Waals surface area contributed by atoms with E-state index in [1.807, 2.05) is 6.92 Å². The van der Waals surface area contributed by atoms with Gasteiger partial charge in [0, 0.05) is 25.2 Å². The number of amides is 1. The molecule has 0 aliphatic carbocycles. The average Bonchev–Trinajstić information content (AvgIpc) is 2.91. The Labute approximate surface area is 116 Å². The molecular weight excluding hydrogens is 265 g/mol. The molecule has 0 saturated carbocycles. The first kappa shape index (κ1) is 14.5. The van der Waals surface area contributed by atoms with E-state index >= 15 is 0 Å². The molecule has 20 heavy (non-hydrogen) atoms. The molecular formula is C13H18FN3O3. The topological polar surface area (TPSA) is 75.4 Å². The second-order valence-electron chi connectivity index (χ2n) is 5.11. The van der Waals surface area contributed by atoms with Gasteiger partial charge in [0.2, 0.25) is 5.67 Å². The smallest absolute Gasteiger partial charge is 0.343 e. The van der Waals surface area contributed by atoms with Crippen LogP contribution in [0.1, 0.15) is 35.1 Å². The van der Waals surface area contributed by atoms with Crippen LogP contribution >= 0.6 is 0 Å². The van der Waals surface area contributed by atoms with Crippen LogP contribution in [0.4, 0.5) is 4.39 Å². The number of carboxylic acids is 1. The molecule has 1 unspecified atom stereocenters. The summed E-state index contributed by atoms with van der Waals surface area (Å²) >= 11 is 0. The van der Waals surface area contributed by atoms with Crippen molar-refractivity contribution in [2.45, 2.75) is 39.4 Å². The van der Waals surface area contributed by atoms with E-state index < -0.39 is 18.2 Å².